The highest BCUT2D eigenvalue weighted by molar-refractivity contribution is 5.44. The smallest absolute Gasteiger partial charge is 0.137 e. The van der Waals surface area contributed by atoms with Crippen LogP contribution in [0.4, 0.5) is 0 Å². The topological polar surface area (TPSA) is 33.0 Å². The minimum Gasteiger partial charge on any atom is -0.492 e. The summed E-state index contributed by atoms with van der Waals surface area (Å²) in [5.41, 5.74) is 1.76. The van der Waals surface area contributed by atoms with Gasteiger partial charge >= 0.3 is 0 Å². The summed E-state index contributed by atoms with van der Waals surface area (Å²) in [5, 5.41) is 8.98. The Morgan fingerprint density at radius 2 is 1.83 bits per heavy atom. The molecular formula is C16H23NO. The molecule has 0 unspecified atom stereocenters. The average Bonchev–Trinajstić information content (AvgIpc) is 2.38. The van der Waals surface area contributed by atoms with Crippen molar-refractivity contribution in [2.45, 2.75) is 52.4 Å². The van der Waals surface area contributed by atoms with E-state index >= 15 is 0 Å². The van der Waals surface area contributed by atoms with E-state index in [1.165, 1.54) is 32.1 Å². The standard InChI is InChI=1S/C16H23NO/c1-3-4-5-6-7-8-11-18-16-12-14(2)9-10-15(16)13-17/h9-10,12H,3-8,11H2,1-2H3. The summed E-state index contributed by atoms with van der Waals surface area (Å²) in [6, 6.07) is 7.87. The summed E-state index contributed by atoms with van der Waals surface area (Å²) < 4.78 is 5.69. The second kappa shape index (κ2) is 8.58. The molecule has 0 aliphatic heterocycles. The Labute approximate surface area is 111 Å². The number of hydrogen-bond acceptors (Lipinski definition) is 2. The van der Waals surface area contributed by atoms with E-state index in [4.69, 9.17) is 10.00 Å². The SMILES string of the molecule is CCCCCCCCOc1cc(C)ccc1C#N. The molecule has 0 saturated carbocycles. The number of hydrogen-bond donors (Lipinski definition) is 0. The molecule has 1 aromatic rings. The second-order valence-corrected chi connectivity index (χ2v) is 4.73. The van der Waals surface area contributed by atoms with Crippen LogP contribution in [0, 0.1) is 18.3 Å². The van der Waals surface area contributed by atoms with Gasteiger partial charge in [0.05, 0.1) is 12.2 Å². The Hall–Kier alpha value is -1.49. The van der Waals surface area contributed by atoms with Crippen LogP contribution in [0.25, 0.3) is 0 Å². The summed E-state index contributed by atoms with van der Waals surface area (Å²) in [5.74, 6) is 0.728. The van der Waals surface area contributed by atoms with Crippen LogP contribution in [0.15, 0.2) is 18.2 Å². The van der Waals surface area contributed by atoms with E-state index in [-0.39, 0.29) is 0 Å². The van der Waals surface area contributed by atoms with Crippen LogP contribution < -0.4 is 4.74 Å². The van der Waals surface area contributed by atoms with E-state index in [2.05, 4.69) is 13.0 Å². The molecule has 0 aliphatic carbocycles. The van der Waals surface area contributed by atoms with Crippen molar-refractivity contribution in [3.8, 4) is 11.8 Å². The van der Waals surface area contributed by atoms with Crippen LogP contribution in [0.5, 0.6) is 5.75 Å². The van der Waals surface area contributed by atoms with Gasteiger partial charge in [-0.05, 0) is 31.0 Å². The molecule has 0 aromatic heterocycles. The molecule has 0 radical (unpaired) electrons. The van der Waals surface area contributed by atoms with Gasteiger partial charge in [0.1, 0.15) is 11.8 Å². The minimum atomic E-state index is 0.631. The molecule has 18 heavy (non-hydrogen) atoms. The van der Waals surface area contributed by atoms with Gasteiger partial charge in [-0.1, -0.05) is 45.1 Å². The van der Waals surface area contributed by atoms with Crippen molar-refractivity contribution < 1.29 is 4.74 Å². The molecule has 0 N–H and O–H groups in total. The predicted octanol–water partition coefficient (Wildman–Crippen LogP) is 4.61. The fraction of sp³-hybridized carbons (Fsp3) is 0.562. The molecule has 0 aliphatic rings. The molecule has 0 amide bonds. The van der Waals surface area contributed by atoms with Crippen molar-refractivity contribution in [1.29, 1.82) is 5.26 Å². The van der Waals surface area contributed by atoms with E-state index < -0.39 is 0 Å². The van der Waals surface area contributed by atoms with Gasteiger partial charge in [0.15, 0.2) is 0 Å². The van der Waals surface area contributed by atoms with E-state index in [0.717, 1.165) is 17.7 Å². The van der Waals surface area contributed by atoms with E-state index in [9.17, 15) is 0 Å². The maximum Gasteiger partial charge on any atom is 0.137 e. The monoisotopic (exact) mass is 245 g/mol. The van der Waals surface area contributed by atoms with Crippen LogP contribution in [0.2, 0.25) is 0 Å². The highest BCUT2D eigenvalue weighted by Gasteiger charge is 2.02. The van der Waals surface area contributed by atoms with Crippen molar-refractivity contribution in [1.82, 2.24) is 0 Å². The summed E-state index contributed by atoms with van der Waals surface area (Å²) >= 11 is 0. The van der Waals surface area contributed by atoms with Gasteiger partial charge in [-0.2, -0.15) is 5.26 Å². The number of aryl methyl sites for hydroxylation is 1. The van der Waals surface area contributed by atoms with Gasteiger partial charge in [-0.15, -0.1) is 0 Å². The van der Waals surface area contributed by atoms with E-state index in [0.29, 0.717) is 12.2 Å². The third-order valence-corrected chi connectivity index (χ3v) is 3.01. The molecule has 0 bridgehead atoms. The van der Waals surface area contributed by atoms with Crippen LogP contribution >= 0.6 is 0 Å². The van der Waals surface area contributed by atoms with Crippen molar-refractivity contribution in [2.24, 2.45) is 0 Å². The lowest BCUT2D eigenvalue weighted by Gasteiger charge is -2.08. The molecule has 0 heterocycles. The number of rotatable bonds is 8. The van der Waals surface area contributed by atoms with Crippen LogP contribution in [-0.2, 0) is 0 Å². The summed E-state index contributed by atoms with van der Waals surface area (Å²) in [4.78, 5) is 0. The van der Waals surface area contributed by atoms with Gasteiger partial charge in [-0.3, -0.25) is 0 Å². The lowest BCUT2D eigenvalue weighted by atomic mass is 10.1. The third kappa shape index (κ3) is 5.23. The lowest BCUT2D eigenvalue weighted by Crippen LogP contribution is -1.99. The minimum absolute atomic E-state index is 0.631. The predicted molar refractivity (Wildman–Crippen MR) is 74.8 cm³/mol. The Balaban J connectivity index is 2.27. The Bertz CT molecular complexity index is 393. The zero-order chi connectivity index (χ0) is 13.2. The zero-order valence-electron chi connectivity index (χ0n) is 11.5. The molecule has 2 heteroatoms. The molecule has 0 saturated heterocycles. The van der Waals surface area contributed by atoms with Crippen molar-refractivity contribution in [3.63, 3.8) is 0 Å². The summed E-state index contributed by atoms with van der Waals surface area (Å²) in [6.07, 6.45) is 7.51. The van der Waals surface area contributed by atoms with Crippen LogP contribution in [-0.4, -0.2) is 6.61 Å². The molecular weight excluding hydrogens is 222 g/mol. The van der Waals surface area contributed by atoms with Crippen molar-refractivity contribution in [2.75, 3.05) is 6.61 Å². The normalized spacial score (nSPS) is 10.1. The highest BCUT2D eigenvalue weighted by atomic mass is 16.5. The first-order chi connectivity index (χ1) is 8.77. The Morgan fingerprint density at radius 1 is 1.11 bits per heavy atom. The first-order valence-corrected chi connectivity index (χ1v) is 6.91. The number of nitrogens with zero attached hydrogens (tertiary/aromatic N) is 1. The fourth-order valence-corrected chi connectivity index (χ4v) is 1.91. The van der Waals surface area contributed by atoms with Crippen molar-refractivity contribution in [3.05, 3.63) is 29.3 Å². The average molecular weight is 245 g/mol. The molecule has 0 atom stereocenters. The van der Waals surface area contributed by atoms with Gasteiger partial charge in [0, 0.05) is 0 Å². The molecule has 0 fully saturated rings. The zero-order valence-corrected chi connectivity index (χ0v) is 11.5. The number of nitriles is 1. The van der Waals surface area contributed by atoms with E-state index in [1.807, 2.05) is 25.1 Å². The number of benzene rings is 1. The summed E-state index contributed by atoms with van der Waals surface area (Å²) in [6.45, 7) is 4.95. The van der Waals surface area contributed by atoms with Gasteiger partial charge in [0.25, 0.3) is 0 Å². The van der Waals surface area contributed by atoms with Gasteiger partial charge < -0.3 is 4.74 Å². The number of ether oxygens (including phenoxy) is 1. The Kier molecular flexibility index (Phi) is 6.94. The first-order valence-electron chi connectivity index (χ1n) is 6.91. The molecule has 2 nitrogen and oxygen atoms in total. The van der Waals surface area contributed by atoms with Gasteiger partial charge in [0.2, 0.25) is 0 Å². The second-order valence-electron chi connectivity index (χ2n) is 4.73. The molecule has 1 aromatic carbocycles. The lowest BCUT2D eigenvalue weighted by molar-refractivity contribution is 0.303. The molecule has 0 spiro atoms. The Morgan fingerprint density at radius 3 is 2.56 bits per heavy atom. The largest absolute Gasteiger partial charge is 0.492 e. The maximum atomic E-state index is 8.98. The fourth-order valence-electron chi connectivity index (χ4n) is 1.91. The number of unbranched alkanes of at least 4 members (excludes halogenated alkanes) is 5. The quantitative estimate of drug-likeness (QED) is 0.627. The van der Waals surface area contributed by atoms with Crippen LogP contribution in [0.1, 0.15) is 56.6 Å². The summed E-state index contributed by atoms with van der Waals surface area (Å²) in [7, 11) is 0. The van der Waals surface area contributed by atoms with Gasteiger partial charge in [-0.25, -0.2) is 0 Å². The molecule has 98 valence electrons. The molecule has 1 rings (SSSR count). The highest BCUT2D eigenvalue weighted by Crippen LogP contribution is 2.19. The first kappa shape index (κ1) is 14.6. The van der Waals surface area contributed by atoms with E-state index in [1.54, 1.807) is 0 Å². The van der Waals surface area contributed by atoms with Crippen LogP contribution in [0.3, 0.4) is 0 Å². The van der Waals surface area contributed by atoms with Crippen molar-refractivity contribution >= 4 is 0 Å². The third-order valence-electron chi connectivity index (χ3n) is 3.01. The maximum absolute atomic E-state index is 8.98.